The standard InChI is InChI=1S/C22H22N4O2/c27-22-16-28-19-10-5-4-9-18(19)26(22)14-6-12-23-20-11-13-24-21(25-20)15-17-7-2-1-3-8-17/h1-5,7-11,13H,6,12,14-16H2,(H,23,24,25). The Kier molecular flexibility index (Phi) is 5.47. The summed E-state index contributed by atoms with van der Waals surface area (Å²) < 4.78 is 5.48. The molecule has 0 atom stereocenters. The predicted octanol–water partition coefficient (Wildman–Crippen LogP) is 3.30. The van der Waals surface area contributed by atoms with Crippen molar-refractivity contribution < 1.29 is 9.53 Å². The summed E-state index contributed by atoms with van der Waals surface area (Å²) in [6, 6.07) is 19.7. The SMILES string of the molecule is O=C1COc2ccccc2N1CCCNc1ccnc(Cc2ccccc2)n1. The molecule has 1 aromatic heterocycles. The number of benzene rings is 2. The molecule has 28 heavy (non-hydrogen) atoms. The van der Waals surface area contributed by atoms with Gasteiger partial charge in [0.25, 0.3) is 5.91 Å². The number of para-hydroxylation sites is 2. The third-order valence-electron chi connectivity index (χ3n) is 4.58. The van der Waals surface area contributed by atoms with Crippen LogP contribution in [-0.4, -0.2) is 35.6 Å². The van der Waals surface area contributed by atoms with Crippen molar-refractivity contribution in [2.45, 2.75) is 12.8 Å². The van der Waals surface area contributed by atoms with Gasteiger partial charge in [-0.2, -0.15) is 0 Å². The molecule has 2 heterocycles. The molecule has 0 aliphatic carbocycles. The van der Waals surface area contributed by atoms with Gasteiger partial charge in [-0.3, -0.25) is 4.79 Å². The van der Waals surface area contributed by atoms with E-state index in [2.05, 4.69) is 27.4 Å². The maximum atomic E-state index is 12.2. The monoisotopic (exact) mass is 374 g/mol. The van der Waals surface area contributed by atoms with Gasteiger partial charge in [0, 0.05) is 25.7 Å². The van der Waals surface area contributed by atoms with Crippen LogP contribution in [0.2, 0.25) is 0 Å². The van der Waals surface area contributed by atoms with Gasteiger partial charge >= 0.3 is 0 Å². The molecule has 0 saturated heterocycles. The molecule has 0 saturated carbocycles. The van der Waals surface area contributed by atoms with E-state index in [1.165, 1.54) is 5.56 Å². The first-order chi connectivity index (χ1) is 13.8. The van der Waals surface area contributed by atoms with Crippen molar-refractivity contribution in [2.75, 3.05) is 29.9 Å². The molecule has 1 amide bonds. The van der Waals surface area contributed by atoms with E-state index in [0.717, 1.165) is 29.5 Å². The average molecular weight is 374 g/mol. The first kappa shape index (κ1) is 18.0. The van der Waals surface area contributed by atoms with Gasteiger partial charge in [-0.15, -0.1) is 0 Å². The van der Waals surface area contributed by atoms with Crippen LogP contribution < -0.4 is 15.0 Å². The number of amides is 1. The number of carbonyl (C=O) groups excluding carboxylic acids is 1. The van der Waals surface area contributed by atoms with Crippen LogP contribution in [0.5, 0.6) is 5.75 Å². The zero-order valence-corrected chi connectivity index (χ0v) is 15.5. The minimum absolute atomic E-state index is 0.00844. The van der Waals surface area contributed by atoms with Gasteiger partial charge in [-0.05, 0) is 30.2 Å². The Balaban J connectivity index is 1.31. The minimum Gasteiger partial charge on any atom is -0.482 e. The van der Waals surface area contributed by atoms with Crippen molar-refractivity contribution in [2.24, 2.45) is 0 Å². The zero-order chi connectivity index (χ0) is 19.2. The normalized spacial score (nSPS) is 13.0. The third kappa shape index (κ3) is 4.28. The Hall–Kier alpha value is -3.41. The molecule has 1 aliphatic heterocycles. The van der Waals surface area contributed by atoms with Crippen LogP contribution in [0.4, 0.5) is 11.5 Å². The lowest BCUT2D eigenvalue weighted by Crippen LogP contribution is -2.39. The van der Waals surface area contributed by atoms with Crippen molar-refractivity contribution in [3.8, 4) is 5.75 Å². The number of nitrogens with zero attached hydrogens (tertiary/aromatic N) is 3. The number of hydrogen-bond donors (Lipinski definition) is 1. The fourth-order valence-corrected chi connectivity index (χ4v) is 3.21. The second-order valence-electron chi connectivity index (χ2n) is 6.60. The highest BCUT2D eigenvalue weighted by Gasteiger charge is 2.24. The smallest absolute Gasteiger partial charge is 0.265 e. The molecule has 2 aromatic carbocycles. The summed E-state index contributed by atoms with van der Waals surface area (Å²) in [5, 5.41) is 3.33. The van der Waals surface area contributed by atoms with Crippen molar-refractivity contribution in [3.63, 3.8) is 0 Å². The molecule has 0 unspecified atom stereocenters. The lowest BCUT2D eigenvalue weighted by atomic mass is 10.1. The molecule has 0 spiro atoms. The van der Waals surface area contributed by atoms with Gasteiger partial charge in [-0.25, -0.2) is 9.97 Å². The number of hydrogen-bond acceptors (Lipinski definition) is 5. The third-order valence-corrected chi connectivity index (χ3v) is 4.58. The van der Waals surface area contributed by atoms with Crippen molar-refractivity contribution in [1.82, 2.24) is 9.97 Å². The number of anilines is 2. The first-order valence-electron chi connectivity index (χ1n) is 9.41. The second-order valence-corrected chi connectivity index (χ2v) is 6.60. The molecule has 142 valence electrons. The molecule has 4 rings (SSSR count). The number of aromatic nitrogens is 2. The number of ether oxygens (including phenoxy) is 1. The summed E-state index contributed by atoms with van der Waals surface area (Å²) in [6.45, 7) is 1.45. The van der Waals surface area contributed by atoms with E-state index in [4.69, 9.17) is 4.74 Å². The largest absolute Gasteiger partial charge is 0.482 e. The van der Waals surface area contributed by atoms with Crippen LogP contribution >= 0.6 is 0 Å². The maximum absolute atomic E-state index is 12.2. The number of fused-ring (bicyclic) bond motifs is 1. The second kappa shape index (κ2) is 8.52. The molecule has 3 aromatic rings. The van der Waals surface area contributed by atoms with Crippen molar-refractivity contribution in [1.29, 1.82) is 0 Å². The molecule has 0 bridgehead atoms. The van der Waals surface area contributed by atoms with E-state index in [-0.39, 0.29) is 12.5 Å². The average Bonchev–Trinajstić information content (AvgIpc) is 2.73. The van der Waals surface area contributed by atoms with Crippen LogP contribution in [0.1, 0.15) is 17.8 Å². The van der Waals surface area contributed by atoms with Gasteiger partial charge in [0.05, 0.1) is 5.69 Å². The lowest BCUT2D eigenvalue weighted by Gasteiger charge is -2.29. The van der Waals surface area contributed by atoms with Gasteiger partial charge < -0.3 is 15.0 Å². The van der Waals surface area contributed by atoms with Crippen LogP contribution in [-0.2, 0) is 11.2 Å². The highest BCUT2D eigenvalue weighted by atomic mass is 16.5. The van der Waals surface area contributed by atoms with Gasteiger partial charge in [-0.1, -0.05) is 42.5 Å². The molecular formula is C22H22N4O2. The topological polar surface area (TPSA) is 67.3 Å². The Bertz CT molecular complexity index is 946. The van der Waals surface area contributed by atoms with Crippen LogP contribution in [0.25, 0.3) is 0 Å². The van der Waals surface area contributed by atoms with Crippen molar-refractivity contribution >= 4 is 17.4 Å². The maximum Gasteiger partial charge on any atom is 0.265 e. The Morgan fingerprint density at radius 2 is 1.86 bits per heavy atom. The highest BCUT2D eigenvalue weighted by molar-refractivity contribution is 5.97. The predicted molar refractivity (Wildman–Crippen MR) is 109 cm³/mol. The van der Waals surface area contributed by atoms with Crippen LogP contribution in [0.15, 0.2) is 66.9 Å². The van der Waals surface area contributed by atoms with Crippen LogP contribution in [0.3, 0.4) is 0 Å². The fraction of sp³-hybridized carbons (Fsp3) is 0.227. The van der Waals surface area contributed by atoms with Crippen molar-refractivity contribution in [3.05, 3.63) is 78.2 Å². The van der Waals surface area contributed by atoms with E-state index in [9.17, 15) is 4.79 Å². The molecule has 1 aliphatic rings. The summed E-state index contributed by atoms with van der Waals surface area (Å²) in [7, 11) is 0. The van der Waals surface area contributed by atoms with E-state index < -0.39 is 0 Å². The summed E-state index contributed by atoms with van der Waals surface area (Å²) in [6.07, 6.45) is 3.28. The Labute approximate surface area is 164 Å². The first-order valence-corrected chi connectivity index (χ1v) is 9.41. The molecule has 6 heteroatoms. The fourth-order valence-electron chi connectivity index (χ4n) is 3.21. The van der Waals surface area contributed by atoms with Gasteiger partial charge in [0.1, 0.15) is 17.4 Å². The number of nitrogens with one attached hydrogen (secondary N) is 1. The minimum atomic E-state index is -0.00844. The van der Waals surface area contributed by atoms with E-state index in [1.807, 2.05) is 48.5 Å². The molecule has 6 nitrogen and oxygen atoms in total. The molecule has 0 fully saturated rings. The Morgan fingerprint density at radius 3 is 2.75 bits per heavy atom. The summed E-state index contributed by atoms with van der Waals surface area (Å²) >= 11 is 0. The molecular weight excluding hydrogens is 352 g/mol. The summed E-state index contributed by atoms with van der Waals surface area (Å²) in [5.74, 6) is 2.34. The number of rotatable bonds is 7. The zero-order valence-electron chi connectivity index (χ0n) is 15.5. The summed E-state index contributed by atoms with van der Waals surface area (Å²) in [4.78, 5) is 22.9. The van der Waals surface area contributed by atoms with Crippen LogP contribution in [0, 0.1) is 0 Å². The highest BCUT2D eigenvalue weighted by Crippen LogP contribution is 2.31. The lowest BCUT2D eigenvalue weighted by molar-refractivity contribution is -0.121. The molecule has 0 radical (unpaired) electrons. The van der Waals surface area contributed by atoms with E-state index in [1.54, 1.807) is 11.1 Å². The van der Waals surface area contributed by atoms with Gasteiger partial charge in [0.2, 0.25) is 0 Å². The number of carbonyl (C=O) groups is 1. The van der Waals surface area contributed by atoms with E-state index in [0.29, 0.717) is 19.5 Å². The quantitative estimate of drug-likeness (QED) is 0.643. The molecule has 1 N–H and O–H groups in total. The van der Waals surface area contributed by atoms with Gasteiger partial charge in [0.15, 0.2) is 6.61 Å². The summed E-state index contributed by atoms with van der Waals surface area (Å²) in [5.41, 5.74) is 2.02. The Morgan fingerprint density at radius 1 is 1.04 bits per heavy atom. The van der Waals surface area contributed by atoms with E-state index >= 15 is 0 Å².